The van der Waals surface area contributed by atoms with Crippen molar-refractivity contribution in [1.82, 2.24) is 25.2 Å². The van der Waals surface area contributed by atoms with Crippen molar-refractivity contribution in [2.24, 2.45) is 0 Å². The number of ketones is 1. The first-order valence-corrected chi connectivity index (χ1v) is 11.8. The van der Waals surface area contributed by atoms with Gasteiger partial charge in [0.25, 0.3) is 0 Å². The van der Waals surface area contributed by atoms with Crippen molar-refractivity contribution in [3.63, 3.8) is 0 Å². The molecule has 0 aliphatic carbocycles. The molecule has 1 saturated heterocycles. The minimum atomic E-state index is -1.03. The van der Waals surface area contributed by atoms with Crippen LogP contribution in [0.2, 0.25) is 0 Å². The minimum absolute atomic E-state index is 0.153. The van der Waals surface area contributed by atoms with Crippen molar-refractivity contribution in [1.29, 1.82) is 0 Å². The van der Waals surface area contributed by atoms with Gasteiger partial charge in [-0.05, 0) is 23.8 Å². The fourth-order valence-corrected chi connectivity index (χ4v) is 5.05. The number of benzene rings is 1. The summed E-state index contributed by atoms with van der Waals surface area (Å²) in [7, 11) is 0. The first-order chi connectivity index (χ1) is 15.9. The van der Waals surface area contributed by atoms with Crippen molar-refractivity contribution in [2.45, 2.75) is 52.2 Å². The van der Waals surface area contributed by atoms with Crippen LogP contribution in [0.4, 0.5) is 5.13 Å². The summed E-state index contributed by atoms with van der Waals surface area (Å²) in [5.74, 6) is 0.167. The van der Waals surface area contributed by atoms with E-state index in [0.29, 0.717) is 23.6 Å². The smallest absolute Gasteiger partial charge is 0.327 e. The monoisotopic (exact) mass is 470 g/mol. The maximum absolute atomic E-state index is 12.8. The van der Waals surface area contributed by atoms with Gasteiger partial charge in [-0.1, -0.05) is 37.3 Å². The highest BCUT2D eigenvalue weighted by Gasteiger charge is 2.43. The van der Waals surface area contributed by atoms with Crippen LogP contribution in [0.3, 0.4) is 0 Å². The molecule has 10 nitrogen and oxygen atoms in total. The van der Waals surface area contributed by atoms with Crippen molar-refractivity contribution in [3.05, 3.63) is 35.5 Å². The Bertz CT molecular complexity index is 1170. The lowest BCUT2D eigenvalue weighted by Gasteiger charge is -2.44. The molecule has 1 aromatic carbocycles. The third-order valence-corrected chi connectivity index (χ3v) is 6.77. The normalized spacial score (nSPS) is 16.6. The second-order valence-electron chi connectivity index (χ2n) is 7.86. The molecule has 2 aliphatic rings. The lowest BCUT2D eigenvalue weighted by molar-refractivity contribution is -0.138. The Hall–Kier alpha value is -3.34. The number of rotatable bonds is 4. The van der Waals surface area contributed by atoms with Gasteiger partial charge in [0.05, 0.1) is 23.1 Å². The molecule has 0 bridgehead atoms. The number of hydrogen-bond donors (Lipinski definition) is 1. The third-order valence-electron chi connectivity index (χ3n) is 5.71. The highest BCUT2D eigenvalue weighted by molar-refractivity contribution is 7.18. The number of nitrogens with zero attached hydrogens (tertiary/aromatic N) is 6. The van der Waals surface area contributed by atoms with E-state index >= 15 is 0 Å². The fraction of sp³-hybridized carbons (Fsp3) is 0.455. The van der Waals surface area contributed by atoms with Crippen molar-refractivity contribution in [2.75, 3.05) is 18.0 Å². The number of carbonyl (C=O) groups excluding carboxylic acids is 1. The Kier molecular flexibility index (Phi) is 6.41. The molecule has 4 heterocycles. The van der Waals surface area contributed by atoms with Gasteiger partial charge < -0.3 is 14.7 Å². The van der Waals surface area contributed by atoms with Crippen molar-refractivity contribution < 1.29 is 19.4 Å². The third kappa shape index (κ3) is 4.58. The number of aromatic nitrogens is 5. The summed E-state index contributed by atoms with van der Waals surface area (Å²) in [6.45, 7) is 7.05. The van der Waals surface area contributed by atoms with E-state index in [-0.39, 0.29) is 12.3 Å². The Morgan fingerprint density at radius 3 is 2.76 bits per heavy atom. The first kappa shape index (κ1) is 22.8. The van der Waals surface area contributed by atoms with Gasteiger partial charge in [0.2, 0.25) is 5.82 Å². The van der Waals surface area contributed by atoms with E-state index < -0.39 is 11.6 Å². The average molecular weight is 471 g/mol. The van der Waals surface area contributed by atoms with E-state index in [1.165, 1.54) is 11.3 Å². The Morgan fingerprint density at radius 2 is 2.03 bits per heavy atom. The largest absolute Gasteiger partial charge is 0.486 e. The van der Waals surface area contributed by atoms with Crippen LogP contribution in [-0.2, 0) is 11.3 Å². The number of tetrazole rings is 1. The molecule has 1 N–H and O–H groups in total. The van der Waals surface area contributed by atoms with Gasteiger partial charge in [-0.25, -0.2) is 4.98 Å². The first-order valence-electron chi connectivity index (χ1n) is 11.0. The topological polar surface area (TPSA) is 123 Å². The number of carbonyl (C=O) groups is 2. The number of aliphatic carboxylic acids is 1. The van der Waals surface area contributed by atoms with Gasteiger partial charge in [-0.2, -0.15) is 4.80 Å². The Morgan fingerprint density at radius 1 is 1.27 bits per heavy atom. The molecule has 2 aliphatic heterocycles. The number of carboxylic acid groups (broad SMARTS) is 1. The zero-order chi connectivity index (χ0) is 23.6. The van der Waals surface area contributed by atoms with E-state index in [9.17, 15) is 9.59 Å². The molecular formula is C22H26N6O4S. The zero-order valence-corrected chi connectivity index (χ0v) is 19.6. The SMILES string of the molecule is CC.Cc1cccc2c1C(=O)CC1(CCN(c3ncc(-c4nnn(CC(=O)O)n4)s3)CC1)O2. The summed E-state index contributed by atoms with van der Waals surface area (Å²) in [5, 5.41) is 21.4. The quantitative estimate of drug-likeness (QED) is 0.612. The number of ether oxygens (including phenoxy) is 1. The van der Waals surface area contributed by atoms with Gasteiger partial charge in [0.15, 0.2) is 17.5 Å². The number of piperidine rings is 1. The molecule has 3 aromatic rings. The van der Waals surface area contributed by atoms with Crippen LogP contribution in [-0.4, -0.2) is 60.7 Å². The Labute approximate surface area is 195 Å². The van der Waals surface area contributed by atoms with Crippen LogP contribution in [0.5, 0.6) is 5.75 Å². The second kappa shape index (κ2) is 9.26. The van der Waals surface area contributed by atoms with Crippen LogP contribution in [0.1, 0.15) is 49.0 Å². The maximum Gasteiger partial charge on any atom is 0.327 e. The van der Waals surface area contributed by atoms with Crippen LogP contribution in [0.15, 0.2) is 24.4 Å². The number of thiazole rings is 1. The number of aryl methyl sites for hydroxylation is 1. The summed E-state index contributed by atoms with van der Waals surface area (Å²) >= 11 is 1.43. The number of carboxylic acids is 1. The summed E-state index contributed by atoms with van der Waals surface area (Å²) in [4.78, 5) is 32.0. The number of hydrogen-bond acceptors (Lipinski definition) is 9. The molecule has 174 valence electrons. The fourth-order valence-electron chi connectivity index (χ4n) is 4.16. The molecule has 0 radical (unpaired) electrons. The zero-order valence-electron chi connectivity index (χ0n) is 18.8. The Balaban J connectivity index is 0.00000126. The van der Waals surface area contributed by atoms with Crippen LogP contribution < -0.4 is 9.64 Å². The van der Waals surface area contributed by atoms with Crippen LogP contribution in [0, 0.1) is 6.92 Å². The molecule has 0 unspecified atom stereocenters. The molecule has 33 heavy (non-hydrogen) atoms. The maximum atomic E-state index is 12.8. The van der Waals surface area contributed by atoms with E-state index in [0.717, 1.165) is 46.3 Å². The van der Waals surface area contributed by atoms with Gasteiger partial charge in [-0.3, -0.25) is 9.59 Å². The predicted octanol–water partition coefficient (Wildman–Crippen LogP) is 3.22. The van der Waals surface area contributed by atoms with Crippen molar-refractivity contribution in [3.8, 4) is 16.5 Å². The highest BCUT2D eigenvalue weighted by atomic mass is 32.1. The molecule has 5 rings (SSSR count). The van der Waals surface area contributed by atoms with Gasteiger partial charge in [0.1, 0.15) is 11.4 Å². The van der Waals surface area contributed by atoms with Crippen LogP contribution >= 0.6 is 11.3 Å². The molecular weight excluding hydrogens is 444 g/mol. The van der Waals surface area contributed by atoms with E-state index in [2.05, 4.69) is 25.3 Å². The van der Waals surface area contributed by atoms with Crippen LogP contribution in [0.25, 0.3) is 10.7 Å². The second-order valence-corrected chi connectivity index (χ2v) is 8.87. The predicted molar refractivity (Wildman–Crippen MR) is 123 cm³/mol. The molecule has 1 fully saturated rings. The van der Waals surface area contributed by atoms with Gasteiger partial charge >= 0.3 is 5.97 Å². The molecule has 0 saturated carbocycles. The van der Waals surface area contributed by atoms with Gasteiger partial charge in [0, 0.05) is 25.9 Å². The minimum Gasteiger partial charge on any atom is -0.486 e. The standard InChI is InChI=1S/C20H20N6O4S.C2H6/c1-12-3-2-4-14-17(12)13(27)9-20(30-14)5-7-25(8-6-20)19-21-10-15(31-19)18-22-24-26(23-18)11-16(28)29;1-2/h2-4,10H,5-9,11H2,1H3,(H,28,29);1-2H3. The summed E-state index contributed by atoms with van der Waals surface area (Å²) in [6, 6.07) is 5.74. The van der Waals surface area contributed by atoms with Gasteiger partial charge in [-0.15, -0.1) is 10.2 Å². The molecule has 2 aromatic heterocycles. The average Bonchev–Trinajstić information content (AvgIpc) is 3.45. The lowest BCUT2D eigenvalue weighted by Crippen LogP contribution is -2.51. The number of fused-ring (bicyclic) bond motifs is 1. The molecule has 0 amide bonds. The van der Waals surface area contributed by atoms with Crippen molar-refractivity contribution >= 4 is 28.2 Å². The molecule has 1 spiro atoms. The number of anilines is 1. The highest BCUT2D eigenvalue weighted by Crippen LogP contribution is 2.41. The summed E-state index contributed by atoms with van der Waals surface area (Å²) < 4.78 is 6.36. The van der Waals surface area contributed by atoms with E-state index in [1.807, 2.05) is 39.0 Å². The summed E-state index contributed by atoms with van der Waals surface area (Å²) in [5.41, 5.74) is 1.21. The lowest BCUT2D eigenvalue weighted by atomic mass is 9.81. The van der Waals surface area contributed by atoms with E-state index in [1.54, 1.807) is 6.20 Å². The molecule has 11 heteroatoms. The van der Waals surface area contributed by atoms with E-state index in [4.69, 9.17) is 9.84 Å². The molecule has 0 atom stereocenters. The number of Topliss-reactive ketones (excluding diaryl/α,β-unsaturated/α-hetero) is 1. The summed E-state index contributed by atoms with van der Waals surface area (Å²) in [6.07, 6.45) is 3.53.